The van der Waals surface area contributed by atoms with Crippen LogP contribution in [0.3, 0.4) is 0 Å². The molecule has 0 saturated heterocycles. The van der Waals surface area contributed by atoms with Crippen LogP contribution in [0.15, 0.2) is 42.5 Å². The number of hydrogen-bond acceptors (Lipinski definition) is 3. The summed E-state index contributed by atoms with van der Waals surface area (Å²) in [5.41, 5.74) is 0.359. The molecule has 0 saturated carbocycles. The second kappa shape index (κ2) is 7.87. The maximum absolute atomic E-state index is 10.8. The van der Waals surface area contributed by atoms with Gasteiger partial charge in [-0.05, 0) is 23.8 Å². The van der Waals surface area contributed by atoms with Crippen molar-refractivity contribution in [1.29, 1.82) is 0 Å². The summed E-state index contributed by atoms with van der Waals surface area (Å²) in [6.45, 7) is 0.972. The van der Waals surface area contributed by atoms with Gasteiger partial charge in [-0.25, -0.2) is 4.79 Å². The van der Waals surface area contributed by atoms with Crippen LogP contribution in [0.2, 0.25) is 0 Å². The van der Waals surface area contributed by atoms with Crippen LogP contribution in [0, 0.1) is 0 Å². The van der Waals surface area contributed by atoms with Gasteiger partial charge < -0.3 is 15.0 Å². The quantitative estimate of drug-likeness (QED) is 0.615. The molecule has 0 spiro atoms. The average Bonchev–Trinajstić information content (AvgIpc) is 2.27. The number of carbonyl (C=O) groups is 2. The van der Waals surface area contributed by atoms with E-state index in [1.165, 1.54) is 0 Å². The molecular weight excluding hydrogens is 243 g/mol. The predicted octanol–water partition coefficient (Wildman–Crippen LogP) is -1.70. The van der Waals surface area contributed by atoms with Crippen LogP contribution in [-0.2, 0) is 4.79 Å². The Morgan fingerprint density at radius 3 is 2.11 bits per heavy atom. The Labute approximate surface area is 127 Å². The Hall–Kier alpha value is -1.36. The zero-order chi connectivity index (χ0) is 12.8. The fraction of sp³-hybridized carbons (Fsp3) is 0.0769. The van der Waals surface area contributed by atoms with Gasteiger partial charge in [-0.2, -0.15) is 0 Å². The number of benzene rings is 2. The number of hydrogen-bond donors (Lipinski definition) is 1. The first kappa shape index (κ1) is 16.6. The summed E-state index contributed by atoms with van der Waals surface area (Å²) in [4.78, 5) is 19.7. The maximum atomic E-state index is 10.8. The first-order valence-corrected chi connectivity index (χ1v) is 4.91. The summed E-state index contributed by atoms with van der Waals surface area (Å²) in [5.74, 6) is -1.96. The summed E-state index contributed by atoms with van der Waals surface area (Å²) in [6.07, 6.45) is 0. The molecule has 5 heteroatoms. The number of carboxylic acid groups (broad SMARTS) is 2. The van der Waals surface area contributed by atoms with E-state index >= 15 is 0 Å². The molecule has 2 rings (SSSR count). The van der Waals surface area contributed by atoms with Crippen molar-refractivity contribution >= 4 is 22.7 Å². The molecule has 0 bridgehead atoms. The summed E-state index contributed by atoms with van der Waals surface area (Å²) in [6, 6.07) is 12.7. The summed E-state index contributed by atoms with van der Waals surface area (Å²) in [7, 11) is 0. The number of carbonyl (C=O) groups excluding carboxylic acids is 1. The molecule has 1 N–H and O–H groups in total. The van der Waals surface area contributed by atoms with E-state index in [1.54, 1.807) is 12.1 Å². The van der Waals surface area contributed by atoms with Gasteiger partial charge in [0.25, 0.3) is 0 Å². The Kier molecular flexibility index (Phi) is 7.27. The van der Waals surface area contributed by atoms with E-state index in [9.17, 15) is 4.79 Å². The number of rotatable bonds is 1. The van der Waals surface area contributed by atoms with Crippen molar-refractivity contribution in [2.45, 2.75) is 6.92 Å². The fourth-order valence-electron chi connectivity index (χ4n) is 1.41. The van der Waals surface area contributed by atoms with Crippen LogP contribution in [0.25, 0.3) is 10.8 Å². The monoisotopic (exact) mass is 254 g/mol. The third-order valence-electron chi connectivity index (χ3n) is 2.02. The second-order valence-electron chi connectivity index (χ2n) is 3.32. The van der Waals surface area contributed by atoms with Crippen molar-refractivity contribution in [1.82, 2.24) is 0 Å². The normalized spacial score (nSPS) is 8.72. The predicted molar refractivity (Wildman–Crippen MR) is 61.6 cm³/mol. The number of aromatic carboxylic acids is 1. The molecule has 0 amide bonds. The zero-order valence-corrected chi connectivity index (χ0v) is 12.2. The molecule has 0 aliphatic rings. The van der Waals surface area contributed by atoms with E-state index in [-0.39, 0.29) is 29.6 Å². The molecule has 88 valence electrons. The second-order valence-corrected chi connectivity index (χ2v) is 3.32. The molecule has 0 aliphatic carbocycles. The molecular formula is C13H11NaO4. The molecule has 2 aromatic rings. The molecule has 0 radical (unpaired) electrons. The minimum Gasteiger partial charge on any atom is -0.550 e. The standard InChI is InChI=1S/C11H8O2.C2H4O2.Na/c12-11(13)10-7-3-5-8-4-1-2-6-9(8)10;1-2(3)4;/h1-7H,(H,12,13);1H3,(H,3,4);/q;;+1/p-1. The molecule has 0 aromatic heterocycles. The average molecular weight is 254 g/mol. The Bertz CT molecular complexity index is 542. The van der Waals surface area contributed by atoms with Crippen molar-refractivity contribution in [3.05, 3.63) is 48.0 Å². The van der Waals surface area contributed by atoms with Crippen molar-refractivity contribution in [3.63, 3.8) is 0 Å². The van der Waals surface area contributed by atoms with Crippen molar-refractivity contribution in [2.75, 3.05) is 0 Å². The third kappa shape index (κ3) is 4.87. The van der Waals surface area contributed by atoms with Crippen LogP contribution in [0.1, 0.15) is 17.3 Å². The van der Waals surface area contributed by atoms with Crippen LogP contribution < -0.4 is 34.7 Å². The summed E-state index contributed by atoms with van der Waals surface area (Å²) >= 11 is 0. The molecule has 0 fully saturated rings. The molecule has 0 aliphatic heterocycles. The van der Waals surface area contributed by atoms with Gasteiger partial charge in [0.15, 0.2) is 0 Å². The van der Waals surface area contributed by atoms with Crippen LogP contribution in [0.5, 0.6) is 0 Å². The minimum atomic E-state index is -1.08. The van der Waals surface area contributed by atoms with E-state index in [2.05, 4.69) is 0 Å². The Balaban J connectivity index is 0.000000512. The topological polar surface area (TPSA) is 77.4 Å². The molecule has 2 aromatic carbocycles. The summed E-state index contributed by atoms with van der Waals surface area (Å²) < 4.78 is 0. The number of aliphatic carboxylic acids is 1. The Morgan fingerprint density at radius 1 is 1.06 bits per heavy atom. The summed E-state index contributed by atoms with van der Waals surface area (Å²) in [5, 5.41) is 19.5. The van der Waals surface area contributed by atoms with E-state index < -0.39 is 11.9 Å². The molecule has 0 unspecified atom stereocenters. The maximum Gasteiger partial charge on any atom is 1.00 e. The SMILES string of the molecule is CC(=O)[O-].O=C(O)c1cccc2ccccc12.[Na+]. The largest absolute Gasteiger partial charge is 1.00 e. The molecule has 0 atom stereocenters. The van der Waals surface area contributed by atoms with Crippen molar-refractivity contribution in [3.8, 4) is 0 Å². The van der Waals surface area contributed by atoms with Gasteiger partial charge in [-0.15, -0.1) is 0 Å². The van der Waals surface area contributed by atoms with Crippen LogP contribution >= 0.6 is 0 Å². The van der Waals surface area contributed by atoms with E-state index in [4.69, 9.17) is 15.0 Å². The van der Waals surface area contributed by atoms with E-state index in [1.807, 2.05) is 30.3 Å². The van der Waals surface area contributed by atoms with Crippen LogP contribution in [0.4, 0.5) is 0 Å². The minimum absolute atomic E-state index is 0. The molecule has 18 heavy (non-hydrogen) atoms. The molecule has 4 nitrogen and oxygen atoms in total. The number of carboxylic acids is 2. The van der Waals surface area contributed by atoms with E-state index in [0.29, 0.717) is 5.56 Å². The van der Waals surface area contributed by atoms with Crippen LogP contribution in [-0.4, -0.2) is 17.0 Å². The Morgan fingerprint density at radius 2 is 1.56 bits per heavy atom. The van der Waals surface area contributed by atoms with Gasteiger partial charge in [0.2, 0.25) is 0 Å². The number of fused-ring (bicyclic) bond motifs is 1. The van der Waals surface area contributed by atoms with E-state index in [0.717, 1.165) is 17.7 Å². The third-order valence-corrected chi connectivity index (χ3v) is 2.02. The smallest absolute Gasteiger partial charge is 0.550 e. The first-order valence-electron chi connectivity index (χ1n) is 4.91. The fourth-order valence-corrected chi connectivity index (χ4v) is 1.41. The van der Waals surface area contributed by atoms with Gasteiger partial charge in [-0.1, -0.05) is 36.4 Å². The zero-order valence-electron chi connectivity index (χ0n) is 10.2. The van der Waals surface area contributed by atoms with Gasteiger partial charge in [-0.3, -0.25) is 0 Å². The van der Waals surface area contributed by atoms with Gasteiger partial charge in [0.1, 0.15) is 0 Å². The first-order chi connectivity index (χ1) is 8.02. The van der Waals surface area contributed by atoms with Crippen molar-refractivity contribution < 1.29 is 49.4 Å². The van der Waals surface area contributed by atoms with Crippen molar-refractivity contribution in [2.24, 2.45) is 0 Å². The van der Waals surface area contributed by atoms with Gasteiger partial charge in [0.05, 0.1) is 5.56 Å². The van der Waals surface area contributed by atoms with Gasteiger partial charge in [0, 0.05) is 5.97 Å². The molecule has 0 heterocycles. The van der Waals surface area contributed by atoms with Gasteiger partial charge >= 0.3 is 35.5 Å².